The van der Waals surface area contributed by atoms with Crippen molar-refractivity contribution in [3.05, 3.63) is 0 Å². The van der Waals surface area contributed by atoms with Crippen molar-refractivity contribution >= 4 is 23.6 Å². The molecule has 3 saturated heterocycles. The first-order valence-corrected chi connectivity index (χ1v) is 9.76. The second-order valence-corrected chi connectivity index (χ2v) is 7.61. The van der Waals surface area contributed by atoms with E-state index in [1.807, 2.05) is 0 Å². The van der Waals surface area contributed by atoms with Crippen molar-refractivity contribution in [2.75, 3.05) is 18.1 Å². The van der Waals surface area contributed by atoms with Gasteiger partial charge >= 0.3 is 5.97 Å². The van der Waals surface area contributed by atoms with Crippen LogP contribution in [0.1, 0.15) is 32.6 Å². The molecular weight excluding hydrogens is 350 g/mol. The number of carboxylic acid groups (broad SMARTS) is 1. The second kappa shape index (κ2) is 9.72. The van der Waals surface area contributed by atoms with Gasteiger partial charge in [-0.2, -0.15) is 11.8 Å². The molecule has 3 heterocycles. The summed E-state index contributed by atoms with van der Waals surface area (Å²) in [6.07, 6.45) is 0.352. The average molecular weight is 377 g/mol. The number of hydrogen-bond acceptors (Lipinski definition) is 7. The second-order valence-electron chi connectivity index (χ2n) is 6.54. The van der Waals surface area contributed by atoms with Gasteiger partial charge in [0.15, 0.2) is 6.29 Å². The highest BCUT2D eigenvalue weighted by molar-refractivity contribution is 7.99. The third-order valence-electron chi connectivity index (χ3n) is 4.56. The SMILES string of the molecule is CC(=O)NC(CSCC1OC2OCCCCCC1C(O)C2O)C(=O)O. The lowest BCUT2D eigenvalue weighted by Gasteiger charge is -2.43. The Labute approximate surface area is 151 Å². The molecule has 3 aliphatic heterocycles. The Bertz CT molecular complexity index is 462. The smallest absolute Gasteiger partial charge is 0.327 e. The molecule has 0 aromatic rings. The van der Waals surface area contributed by atoms with Crippen molar-refractivity contribution in [3.63, 3.8) is 0 Å². The number of fused-ring (bicyclic) bond motifs is 7. The monoisotopic (exact) mass is 377 g/mol. The predicted molar refractivity (Wildman–Crippen MR) is 91.2 cm³/mol. The van der Waals surface area contributed by atoms with E-state index in [1.165, 1.54) is 18.7 Å². The van der Waals surface area contributed by atoms with E-state index in [9.17, 15) is 19.8 Å². The van der Waals surface area contributed by atoms with Crippen molar-refractivity contribution in [3.8, 4) is 0 Å². The summed E-state index contributed by atoms with van der Waals surface area (Å²) in [7, 11) is 0. The number of thioether (sulfide) groups is 1. The Kier molecular flexibility index (Phi) is 7.95. The fraction of sp³-hybridized carbons (Fsp3) is 0.875. The number of carbonyl (C=O) groups excluding carboxylic acids is 1. The van der Waals surface area contributed by atoms with Crippen molar-refractivity contribution < 1.29 is 34.4 Å². The molecule has 25 heavy (non-hydrogen) atoms. The van der Waals surface area contributed by atoms with Crippen molar-refractivity contribution in [1.29, 1.82) is 0 Å². The lowest BCUT2D eigenvalue weighted by atomic mass is 9.85. The molecule has 0 aromatic heterocycles. The van der Waals surface area contributed by atoms with Crippen LogP contribution in [-0.4, -0.2) is 76.0 Å². The molecule has 3 aliphatic rings. The summed E-state index contributed by atoms with van der Waals surface area (Å²) >= 11 is 1.34. The Hall–Kier alpha value is -0.870. The van der Waals surface area contributed by atoms with Gasteiger partial charge in [0, 0.05) is 31.0 Å². The molecule has 2 bridgehead atoms. The third kappa shape index (κ3) is 5.82. The van der Waals surface area contributed by atoms with Gasteiger partial charge in [0.25, 0.3) is 0 Å². The van der Waals surface area contributed by atoms with Crippen molar-refractivity contribution in [1.82, 2.24) is 5.32 Å². The number of rotatable bonds is 6. The molecule has 8 nitrogen and oxygen atoms in total. The minimum absolute atomic E-state index is 0.200. The minimum Gasteiger partial charge on any atom is -0.480 e. The predicted octanol–water partition coefficient (Wildman–Crippen LogP) is -0.0376. The summed E-state index contributed by atoms with van der Waals surface area (Å²) in [5, 5.41) is 32.1. The van der Waals surface area contributed by atoms with E-state index >= 15 is 0 Å². The summed E-state index contributed by atoms with van der Waals surface area (Å²) in [6, 6.07) is -0.967. The van der Waals surface area contributed by atoms with Crippen LogP contribution >= 0.6 is 11.8 Å². The molecule has 0 aromatic carbocycles. The average Bonchev–Trinajstić information content (AvgIpc) is 2.56. The van der Waals surface area contributed by atoms with Gasteiger partial charge < -0.3 is 30.1 Å². The highest BCUT2D eigenvalue weighted by Crippen LogP contribution is 2.33. The van der Waals surface area contributed by atoms with Crippen LogP contribution in [0.3, 0.4) is 0 Å². The maximum absolute atomic E-state index is 11.2. The van der Waals surface area contributed by atoms with Gasteiger partial charge in [0.1, 0.15) is 12.1 Å². The molecule has 0 aliphatic carbocycles. The molecule has 6 unspecified atom stereocenters. The van der Waals surface area contributed by atoms with Crippen LogP contribution in [-0.2, 0) is 19.1 Å². The number of ether oxygens (including phenoxy) is 2. The van der Waals surface area contributed by atoms with Crippen LogP contribution in [0.2, 0.25) is 0 Å². The molecule has 3 rings (SSSR count). The highest BCUT2D eigenvalue weighted by atomic mass is 32.2. The van der Waals surface area contributed by atoms with Gasteiger partial charge in [-0.1, -0.05) is 12.8 Å². The van der Waals surface area contributed by atoms with Gasteiger partial charge in [-0.05, 0) is 12.8 Å². The summed E-state index contributed by atoms with van der Waals surface area (Å²) in [6.45, 7) is 1.75. The molecule has 9 heteroatoms. The van der Waals surface area contributed by atoms with Crippen LogP contribution in [0.25, 0.3) is 0 Å². The van der Waals surface area contributed by atoms with E-state index in [2.05, 4.69) is 5.32 Å². The van der Waals surface area contributed by atoms with Crippen LogP contribution in [0.5, 0.6) is 0 Å². The molecule has 0 spiro atoms. The van der Waals surface area contributed by atoms with Crippen molar-refractivity contribution in [2.45, 2.75) is 63.3 Å². The quantitative estimate of drug-likeness (QED) is 0.508. The Morgan fingerprint density at radius 2 is 2.00 bits per heavy atom. The maximum Gasteiger partial charge on any atom is 0.327 e. The molecule has 6 atom stereocenters. The van der Waals surface area contributed by atoms with Gasteiger partial charge in [0.2, 0.25) is 5.91 Å². The fourth-order valence-electron chi connectivity index (χ4n) is 3.23. The standard InChI is InChI=1S/C16H27NO7S/c1-9(18)17-11(15(21)22)7-25-8-12-10-5-3-2-4-6-23-16(24-12)14(20)13(10)19/h10-14,16,19-20H,2-8H2,1H3,(H,17,18)(H,21,22). The zero-order valence-corrected chi connectivity index (χ0v) is 15.1. The Morgan fingerprint density at radius 3 is 2.68 bits per heavy atom. The van der Waals surface area contributed by atoms with Gasteiger partial charge in [-0.15, -0.1) is 0 Å². The van der Waals surface area contributed by atoms with Crippen LogP contribution in [0, 0.1) is 5.92 Å². The Morgan fingerprint density at radius 1 is 1.24 bits per heavy atom. The van der Waals surface area contributed by atoms with Gasteiger partial charge in [-0.25, -0.2) is 4.79 Å². The summed E-state index contributed by atoms with van der Waals surface area (Å²) in [5.74, 6) is -1.04. The van der Waals surface area contributed by atoms with E-state index in [-0.39, 0.29) is 17.8 Å². The number of carbonyl (C=O) groups is 2. The third-order valence-corrected chi connectivity index (χ3v) is 5.69. The zero-order chi connectivity index (χ0) is 18.4. The first-order valence-electron chi connectivity index (χ1n) is 8.61. The minimum atomic E-state index is -1.09. The van der Waals surface area contributed by atoms with Gasteiger partial charge in [0.05, 0.1) is 12.2 Å². The van der Waals surface area contributed by atoms with E-state index in [0.29, 0.717) is 12.4 Å². The number of nitrogens with one attached hydrogen (secondary N) is 1. The van der Waals surface area contributed by atoms with Crippen molar-refractivity contribution in [2.24, 2.45) is 5.92 Å². The molecule has 1 amide bonds. The highest BCUT2D eigenvalue weighted by Gasteiger charge is 2.44. The molecule has 0 saturated carbocycles. The Balaban J connectivity index is 1.94. The number of carboxylic acids is 1. The van der Waals surface area contributed by atoms with Gasteiger partial charge in [-0.3, -0.25) is 4.79 Å². The molecular formula is C16H27NO7S. The number of amides is 1. The summed E-state index contributed by atoms with van der Waals surface area (Å²) in [4.78, 5) is 22.2. The van der Waals surface area contributed by atoms with E-state index in [0.717, 1.165) is 25.7 Å². The normalized spacial score (nSPS) is 34.3. The van der Waals surface area contributed by atoms with E-state index in [1.54, 1.807) is 0 Å². The topological polar surface area (TPSA) is 125 Å². The van der Waals surface area contributed by atoms with Crippen LogP contribution < -0.4 is 5.32 Å². The number of aliphatic hydroxyl groups is 2. The molecule has 3 fully saturated rings. The molecule has 144 valence electrons. The van der Waals surface area contributed by atoms with Crippen LogP contribution in [0.4, 0.5) is 0 Å². The fourth-order valence-corrected chi connectivity index (χ4v) is 4.38. The maximum atomic E-state index is 11.2. The first kappa shape index (κ1) is 20.4. The largest absolute Gasteiger partial charge is 0.480 e. The first-order chi connectivity index (χ1) is 11.9. The number of hydrogen-bond donors (Lipinski definition) is 4. The zero-order valence-electron chi connectivity index (χ0n) is 14.3. The van der Waals surface area contributed by atoms with Crippen LogP contribution in [0.15, 0.2) is 0 Å². The van der Waals surface area contributed by atoms with E-state index < -0.39 is 36.4 Å². The molecule has 0 radical (unpaired) electrons. The lowest BCUT2D eigenvalue weighted by molar-refractivity contribution is -0.284. The molecule has 4 N–H and O–H groups in total. The summed E-state index contributed by atoms with van der Waals surface area (Å²) < 4.78 is 11.4. The number of aliphatic hydroxyl groups excluding tert-OH is 2. The van der Waals surface area contributed by atoms with E-state index in [4.69, 9.17) is 14.6 Å². The summed E-state index contributed by atoms with van der Waals surface area (Å²) in [5.41, 5.74) is 0. The lowest BCUT2D eigenvalue weighted by Crippen LogP contribution is -2.56. The number of aliphatic carboxylic acids is 1.